The molecule has 0 saturated carbocycles. The molecule has 0 aromatic heterocycles. The number of hydrogen-bond donors (Lipinski definition) is 3. The highest BCUT2D eigenvalue weighted by Crippen LogP contribution is 2.04. The van der Waals surface area contributed by atoms with Crippen molar-refractivity contribution < 1.29 is 14.4 Å². The van der Waals surface area contributed by atoms with E-state index in [0.717, 1.165) is 5.56 Å². The minimum Gasteiger partial charge on any atom is -0.368 e. The molecule has 0 spiro atoms. The Labute approximate surface area is 129 Å². The number of rotatable bonds is 8. The van der Waals surface area contributed by atoms with Gasteiger partial charge in [0.2, 0.25) is 17.7 Å². The lowest BCUT2D eigenvalue weighted by atomic mass is 10.0. The molecule has 6 heteroatoms. The fourth-order valence-electron chi connectivity index (χ4n) is 1.99. The summed E-state index contributed by atoms with van der Waals surface area (Å²) in [5.41, 5.74) is 6.14. The van der Waals surface area contributed by atoms with Crippen molar-refractivity contribution in [2.45, 2.75) is 31.8 Å². The molecule has 0 bridgehead atoms. The van der Waals surface area contributed by atoms with Crippen molar-refractivity contribution in [1.29, 1.82) is 0 Å². The maximum absolute atomic E-state index is 12.3. The smallest absolute Gasteiger partial charge is 0.243 e. The van der Waals surface area contributed by atoms with Crippen molar-refractivity contribution >= 4 is 17.7 Å². The molecule has 1 aromatic carbocycles. The van der Waals surface area contributed by atoms with E-state index in [4.69, 9.17) is 5.73 Å². The molecule has 0 unspecified atom stereocenters. The summed E-state index contributed by atoms with van der Waals surface area (Å²) in [6.45, 7) is 4.86. The third-order valence-corrected chi connectivity index (χ3v) is 3.04. The Balaban J connectivity index is 2.81. The summed E-state index contributed by atoms with van der Waals surface area (Å²) >= 11 is 0. The summed E-state index contributed by atoms with van der Waals surface area (Å²) in [4.78, 5) is 34.9. The lowest BCUT2D eigenvalue weighted by Gasteiger charge is -2.21. The van der Waals surface area contributed by atoms with Gasteiger partial charge in [0.1, 0.15) is 12.1 Å². The van der Waals surface area contributed by atoms with Crippen molar-refractivity contribution in [3.05, 3.63) is 48.6 Å². The average molecular weight is 303 g/mol. The first kappa shape index (κ1) is 17.4. The average Bonchev–Trinajstić information content (AvgIpc) is 2.46. The third-order valence-electron chi connectivity index (χ3n) is 3.04. The van der Waals surface area contributed by atoms with Crippen LogP contribution in [0.4, 0.5) is 0 Å². The van der Waals surface area contributed by atoms with Crippen LogP contribution in [0, 0.1) is 0 Å². The molecular weight excluding hydrogens is 282 g/mol. The van der Waals surface area contributed by atoms with Gasteiger partial charge in [-0.05, 0) is 12.0 Å². The standard InChI is InChI=1S/C16H21N3O3/c1-3-7-13(15(17)21)19-16(22)14(18-11(2)20)10-12-8-5-4-6-9-12/h3-6,8-9,13-14H,1,7,10H2,2H3,(H2,17,21)(H,18,20)(H,19,22)/t13-,14-/m1/s1. The lowest BCUT2D eigenvalue weighted by molar-refractivity contribution is -0.130. The van der Waals surface area contributed by atoms with Gasteiger partial charge in [0.05, 0.1) is 0 Å². The van der Waals surface area contributed by atoms with E-state index in [1.165, 1.54) is 13.0 Å². The van der Waals surface area contributed by atoms with E-state index in [1.807, 2.05) is 30.3 Å². The normalized spacial score (nSPS) is 12.8. The summed E-state index contributed by atoms with van der Waals surface area (Å²) in [6.07, 6.45) is 2.06. The van der Waals surface area contributed by atoms with Gasteiger partial charge in [0, 0.05) is 13.3 Å². The molecule has 0 saturated heterocycles. The van der Waals surface area contributed by atoms with Crippen LogP contribution in [0.3, 0.4) is 0 Å². The topological polar surface area (TPSA) is 101 Å². The van der Waals surface area contributed by atoms with Crippen molar-refractivity contribution in [3.63, 3.8) is 0 Å². The van der Waals surface area contributed by atoms with E-state index in [9.17, 15) is 14.4 Å². The number of hydrogen-bond acceptors (Lipinski definition) is 3. The zero-order chi connectivity index (χ0) is 16.5. The predicted octanol–water partition coefficient (Wildman–Crippen LogP) is 0.280. The number of carbonyl (C=O) groups is 3. The Hall–Kier alpha value is -2.63. The summed E-state index contributed by atoms with van der Waals surface area (Å²) in [5.74, 6) is -1.42. The van der Waals surface area contributed by atoms with Crippen LogP contribution in [0.2, 0.25) is 0 Å². The molecule has 0 aliphatic heterocycles. The van der Waals surface area contributed by atoms with Gasteiger partial charge in [-0.15, -0.1) is 6.58 Å². The first-order chi connectivity index (χ1) is 10.4. The van der Waals surface area contributed by atoms with Gasteiger partial charge in [-0.25, -0.2) is 0 Å². The van der Waals surface area contributed by atoms with Gasteiger partial charge in [-0.2, -0.15) is 0 Å². The van der Waals surface area contributed by atoms with Crippen molar-refractivity contribution in [3.8, 4) is 0 Å². The highest BCUT2D eigenvalue weighted by Gasteiger charge is 2.24. The number of benzene rings is 1. The Morgan fingerprint density at radius 1 is 1.18 bits per heavy atom. The Bertz CT molecular complexity index is 543. The van der Waals surface area contributed by atoms with Crippen LogP contribution in [-0.2, 0) is 20.8 Å². The van der Waals surface area contributed by atoms with E-state index in [-0.39, 0.29) is 12.3 Å². The van der Waals surface area contributed by atoms with Crippen LogP contribution < -0.4 is 16.4 Å². The molecule has 2 atom stereocenters. The van der Waals surface area contributed by atoms with Crippen LogP contribution in [0.1, 0.15) is 18.9 Å². The van der Waals surface area contributed by atoms with E-state index in [1.54, 1.807) is 0 Å². The van der Waals surface area contributed by atoms with Gasteiger partial charge in [-0.3, -0.25) is 14.4 Å². The minimum absolute atomic E-state index is 0.235. The molecule has 0 radical (unpaired) electrons. The molecule has 0 aliphatic carbocycles. The second-order valence-electron chi connectivity index (χ2n) is 4.93. The van der Waals surface area contributed by atoms with Crippen LogP contribution in [-0.4, -0.2) is 29.8 Å². The molecule has 1 rings (SSSR count). The summed E-state index contributed by atoms with van der Waals surface area (Å²) in [7, 11) is 0. The van der Waals surface area contributed by atoms with Crippen LogP contribution in [0.25, 0.3) is 0 Å². The molecule has 118 valence electrons. The molecule has 3 amide bonds. The van der Waals surface area contributed by atoms with Gasteiger partial charge >= 0.3 is 0 Å². The van der Waals surface area contributed by atoms with Crippen LogP contribution >= 0.6 is 0 Å². The summed E-state index contributed by atoms with van der Waals surface area (Å²) in [5, 5.41) is 5.13. The first-order valence-corrected chi connectivity index (χ1v) is 6.95. The summed E-state index contributed by atoms with van der Waals surface area (Å²) in [6, 6.07) is 7.67. The molecule has 4 N–H and O–H groups in total. The van der Waals surface area contributed by atoms with Crippen LogP contribution in [0.5, 0.6) is 0 Å². The number of primary amides is 1. The van der Waals surface area contributed by atoms with Gasteiger partial charge in [-0.1, -0.05) is 36.4 Å². The molecule has 6 nitrogen and oxygen atoms in total. The Morgan fingerprint density at radius 3 is 2.32 bits per heavy atom. The van der Waals surface area contributed by atoms with Gasteiger partial charge < -0.3 is 16.4 Å². The summed E-state index contributed by atoms with van der Waals surface area (Å²) < 4.78 is 0. The molecular formula is C16H21N3O3. The molecule has 0 heterocycles. The zero-order valence-corrected chi connectivity index (χ0v) is 12.5. The fourth-order valence-corrected chi connectivity index (χ4v) is 1.99. The number of amides is 3. The fraction of sp³-hybridized carbons (Fsp3) is 0.312. The second kappa shape index (κ2) is 8.61. The van der Waals surface area contributed by atoms with Crippen molar-refractivity contribution in [1.82, 2.24) is 10.6 Å². The highest BCUT2D eigenvalue weighted by atomic mass is 16.2. The maximum atomic E-state index is 12.3. The van der Waals surface area contributed by atoms with Crippen molar-refractivity contribution in [2.24, 2.45) is 5.73 Å². The predicted molar refractivity (Wildman–Crippen MR) is 83.7 cm³/mol. The van der Waals surface area contributed by atoms with E-state index in [2.05, 4.69) is 17.2 Å². The van der Waals surface area contributed by atoms with Crippen molar-refractivity contribution in [2.75, 3.05) is 0 Å². The minimum atomic E-state index is -0.836. The third kappa shape index (κ3) is 5.78. The molecule has 0 aliphatic rings. The lowest BCUT2D eigenvalue weighted by Crippen LogP contribution is -2.53. The Kier molecular flexibility index (Phi) is 6.82. The quantitative estimate of drug-likeness (QED) is 0.601. The maximum Gasteiger partial charge on any atom is 0.243 e. The zero-order valence-electron chi connectivity index (χ0n) is 12.5. The van der Waals surface area contributed by atoms with E-state index < -0.39 is 23.9 Å². The molecule has 22 heavy (non-hydrogen) atoms. The van der Waals surface area contributed by atoms with Gasteiger partial charge in [0.15, 0.2) is 0 Å². The SMILES string of the molecule is C=CC[C@@H](NC(=O)[C@@H](Cc1ccccc1)NC(C)=O)C(N)=O. The molecule has 0 fully saturated rings. The second-order valence-corrected chi connectivity index (χ2v) is 4.93. The van der Waals surface area contributed by atoms with Gasteiger partial charge in [0.25, 0.3) is 0 Å². The number of carbonyl (C=O) groups excluding carboxylic acids is 3. The first-order valence-electron chi connectivity index (χ1n) is 6.95. The van der Waals surface area contributed by atoms with E-state index in [0.29, 0.717) is 6.42 Å². The Morgan fingerprint density at radius 2 is 1.82 bits per heavy atom. The molecule has 1 aromatic rings. The number of nitrogens with two attached hydrogens (primary N) is 1. The monoisotopic (exact) mass is 303 g/mol. The highest BCUT2D eigenvalue weighted by molar-refractivity contribution is 5.91. The van der Waals surface area contributed by atoms with E-state index >= 15 is 0 Å². The number of nitrogens with one attached hydrogen (secondary N) is 2. The van der Waals surface area contributed by atoms with Crippen LogP contribution in [0.15, 0.2) is 43.0 Å². The largest absolute Gasteiger partial charge is 0.368 e.